The van der Waals surface area contributed by atoms with Crippen LogP contribution in [-0.4, -0.2) is 45.2 Å². The van der Waals surface area contributed by atoms with Crippen molar-refractivity contribution < 1.29 is 13.2 Å². The van der Waals surface area contributed by atoms with Gasteiger partial charge in [-0.1, -0.05) is 0 Å². The summed E-state index contributed by atoms with van der Waals surface area (Å²) in [4.78, 5) is 0. The second-order valence-electron chi connectivity index (χ2n) is 4.26. The minimum absolute atomic E-state index is 0.238. The second kappa shape index (κ2) is 5.82. The Bertz CT molecular complexity index is 268. The van der Waals surface area contributed by atoms with Gasteiger partial charge in [-0.2, -0.15) is 0 Å². The molecule has 0 bridgehead atoms. The monoisotopic (exact) mass is 235 g/mol. The maximum absolute atomic E-state index is 11.5. The Morgan fingerprint density at radius 3 is 2.47 bits per heavy atom. The molecule has 15 heavy (non-hydrogen) atoms. The lowest BCUT2D eigenvalue weighted by molar-refractivity contribution is 0.0785. The minimum Gasteiger partial charge on any atom is -0.381 e. The molecule has 0 saturated carbocycles. The molecule has 1 aliphatic heterocycles. The van der Waals surface area contributed by atoms with Crippen molar-refractivity contribution in [3.63, 3.8) is 0 Å². The predicted octanol–water partition coefficient (Wildman–Crippen LogP) is 0.578. The smallest absolute Gasteiger partial charge is 0.153 e. The van der Waals surface area contributed by atoms with Gasteiger partial charge in [-0.25, -0.2) is 8.42 Å². The van der Waals surface area contributed by atoms with E-state index in [0.29, 0.717) is 12.6 Å². The van der Waals surface area contributed by atoms with E-state index in [-0.39, 0.29) is 11.0 Å². The van der Waals surface area contributed by atoms with Crippen molar-refractivity contribution in [2.45, 2.75) is 38.0 Å². The summed E-state index contributed by atoms with van der Waals surface area (Å²) in [6.07, 6.45) is 1.98. The molecule has 5 heteroatoms. The summed E-state index contributed by atoms with van der Waals surface area (Å²) < 4.78 is 28.2. The largest absolute Gasteiger partial charge is 0.381 e. The third-order valence-electron chi connectivity index (χ3n) is 2.76. The van der Waals surface area contributed by atoms with Gasteiger partial charge in [-0.05, 0) is 26.7 Å². The van der Waals surface area contributed by atoms with E-state index in [4.69, 9.17) is 4.74 Å². The molecule has 1 fully saturated rings. The van der Waals surface area contributed by atoms with Gasteiger partial charge in [0.2, 0.25) is 0 Å². The quantitative estimate of drug-likeness (QED) is 0.757. The Labute approximate surface area is 92.3 Å². The first-order valence-electron chi connectivity index (χ1n) is 5.55. The number of hydrogen-bond acceptors (Lipinski definition) is 4. The number of sulfone groups is 1. The number of ether oxygens (including phenoxy) is 1. The molecule has 4 nitrogen and oxygen atoms in total. The van der Waals surface area contributed by atoms with Crippen LogP contribution < -0.4 is 5.32 Å². The molecule has 1 aliphatic rings. The molecule has 0 aromatic rings. The molecular weight excluding hydrogens is 214 g/mol. The summed E-state index contributed by atoms with van der Waals surface area (Å²) in [6, 6.07) is 0.432. The van der Waals surface area contributed by atoms with E-state index in [9.17, 15) is 8.42 Å². The first-order valence-corrected chi connectivity index (χ1v) is 7.26. The van der Waals surface area contributed by atoms with Gasteiger partial charge in [0.05, 0.1) is 11.0 Å². The molecule has 0 unspecified atom stereocenters. The molecular formula is C10H21NO3S. The van der Waals surface area contributed by atoms with Crippen LogP contribution in [0.15, 0.2) is 0 Å². The molecule has 1 saturated heterocycles. The summed E-state index contributed by atoms with van der Waals surface area (Å²) in [6.45, 7) is 5.59. The van der Waals surface area contributed by atoms with Crippen molar-refractivity contribution in [3.8, 4) is 0 Å². The van der Waals surface area contributed by atoms with Gasteiger partial charge in [-0.15, -0.1) is 0 Å². The lowest BCUT2D eigenvalue weighted by Crippen LogP contribution is -2.38. The molecule has 0 aromatic heterocycles. The van der Waals surface area contributed by atoms with E-state index >= 15 is 0 Å². The summed E-state index contributed by atoms with van der Waals surface area (Å²) >= 11 is 0. The molecule has 1 rings (SSSR count). The van der Waals surface area contributed by atoms with Crippen molar-refractivity contribution in [3.05, 3.63) is 0 Å². The van der Waals surface area contributed by atoms with Crippen LogP contribution in [0.25, 0.3) is 0 Å². The van der Waals surface area contributed by atoms with Crippen LogP contribution in [0.4, 0.5) is 0 Å². The van der Waals surface area contributed by atoms with Gasteiger partial charge in [-0.3, -0.25) is 0 Å². The Balaban J connectivity index is 2.20. The highest BCUT2D eigenvalue weighted by atomic mass is 32.2. The van der Waals surface area contributed by atoms with Crippen LogP contribution in [0.5, 0.6) is 0 Å². The maximum Gasteiger partial charge on any atom is 0.153 e. The van der Waals surface area contributed by atoms with E-state index in [1.54, 1.807) is 13.8 Å². The third-order valence-corrected chi connectivity index (χ3v) is 4.97. The summed E-state index contributed by atoms with van der Waals surface area (Å²) in [5.41, 5.74) is 0. The molecule has 0 atom stereocenters. The number of hydrogen-bond donors (Lipinski definition) is 1. The average Bonchev–Trinajstić information content (AvgIpc) is 2.19. The Morgan fingerprint density at radius 2 is 1.93 bits per heavy atom. The average molecular weight is 235 g/mol. The molecule has 0 aliphatic carbocycles. The SMILES string of the molecule is CC(C)S(=O)(=O)CCNC1CCOCC1. The van der Waals surface area contributed by atoms with Crippen LogP contribution in [0, 0.1) is 0 Å². The van der Waals surface area contributed by atoms with Gasteiger partial charge in [0.25, 0.3) is 0 Å². The van der Waals surface area contributed by atoms with Crippen molar-refractivity contribution >= 4 is 9.84 Å². The lowest BCUT2D eigenvalue weighted by atomic mass is 10.1. The van der Waals surface area contributed by atoms with Crippen LogP contribution >= 0.6 is 0 Å². The fourth-order valence-electron chi connectivity index (χ4n) is 1.54. The van der Waals surface area contributed by atoms with Crippen LogP contribution in [0.1, 0.15) is 26.7 Å². The zero-order chi connectivity index (χ0) is 11.3. The zero-order valence-electron chi connectivity index (χ0n) is 9.53. The van der Waals surface area contributed by atoms with Crippen LogP contribution in [-0.2, 0) is 14.6 Å². The Kier molecular flexibility index (Phi) is 5.02. The molecule has 1 heterocycles. The van der Waals surface area contributed by atoms with E-state index < -0.39 is 9.84 Å². The van der Waals surface area contributed by atoms with Crippen LogP contribution in [0.3, 0.4) is 0 Å². The Hall–Kier alpha value is -0.130. The van der Waals surface area contributed by atoms with Gasteiger partial charge in [0, 0.05) is 25.8 Å². The van der Waals surface area contributed by atoms with Crippen LogP contribution in [0.2, 0.25) is 0 Å². The molecule has 0 radical (unpaired) electrons. The molecule has 0 amide bonds. The topological polar surface area (TPSA) is 55.4 Å². The highest BCUT2D eigenvalue weighted by Crippen LogP contribution is 2.06. The number of nitrogens with one attached hydrogen (secondary N) is 1. The van der Waals surface area contributed by atoms with Gasteiger partial charge in [0.1, 0.15) is 0 Å². The Morgan fingerprint density at radius 1 is 1.33 bits per heavy atom. The normalized spacial score (nSPS) is 19.7. The van der Waals surface area contributed by atoms with Gasteiger partial charge < -0.3 is 10.1 Å². The zero-order valence-corrected chi connectivity index (χ0v) is 10.3. The fraction of sp³-hybridized carbons (Fsp3) is 1.00. The van der Waals surface area contributed by atoms with E-state index in [1.807, 2.05) is 0 Å². The van der Waals surface area contributed by atoms with Crippen molar-refractivity contribution in [2.24, 2.45) is 0 Å². The molecule has 90 valence electrons. The van der Waals surface area contributed by atoms with Crippen molar-refractivity contribution in [1.82, 2.24) is 5.32 Å². The van der Waals surface area contributed by atoms with E-state index in [0.717, 1.165) is 26.1 Å². The first kappa shape index (κ1) is 12.9. The minimum atomic E-state index is -2.89. The van der Waals surface area contributed by atoms with Crippen molar-refractivity contribution in [2.75, 3.05) is 25.5 Å². The molecule has 1 N–H and O–H groups in total. The second-order valence-corrected chi connectivity index (χ2v) is 6.93. The highest BCUT2D eigenvalue weighted by molar-refractivity contribution is 7.92. The first-order chi connectivity index (χ1) is 7.02. The summed E-state index contributed by atoms with van der Waals surface area (Å²) in [5.74, 6) is 0.238. The third kappa shape index (κ3) is 4.49. The molecule has 0 spiro atoms. The molecule has 0 aromatic carbocycles. The van der Waals surface area contributed by atoms with Gasteiger partial charge in [0.15, 0.2) is 9.84 Å². The van der Waals surface area contributed by atoms with Gasteiger partial charge >= 0.3 is 0 Å². The lowest BCUT2D eigenvalue weighted by Gasteiger charge is -2.23. The van der Waals surface area contributed by atoms with E-state index in [1.165, 1.54) is 0 Å². The van der Waals surface area contributed by atoms with Crippen molar-refractivity contribution in [1.29, 1.82) is 0 Å². The summed E-state index contributed by atoms with van der Waals surface area (Å²) in [5, 5.41) is 3.00. The predicted molar refractivity (Wildman–Crippen MR) is 60.8 cm³/mol. The fourth-order valence-corrected chi connectivity index (χ4v) is 2.42. The standard InChI is InChI=1S/C10H21NO3S/c1-9(2)15(12,13)8-5-11-10-3-6-14-7-4-10/h9-11H,3-8H2,1-2H3. The highest BCUT2D eigenvalue weighted by Gasteiger charge is 2.17. The summed E-state index contributed by atoms with van der Waals surface area (Å²) in [7, 11) is -2.89. The van der Waals surface area contributed by atoms with E-state index in [2.05, 4.69) is 5.32 Å². The number of rotatable bonds is 5. The maximum atomic E-state index is 11.5.